The van der Waals surface area contributed by atoms with Crippen molar-refractivity contribution in [3.8, 4) is 0 Å². The zero-order valence-corrected chi connectivity index (χ0v) is 10.2. The fraction of sp³-hybridized carbons (Fsp3) is 0.500. The van der Waals surface area contributed by atoms with Crippen LogP contribution in [0.2, 0.25) is 0 Å². The molecule has 0 spiro atoms. The summed E-state index contributed by atoms with van der Waals surface area (Å²) in [5, 5.41) is 2.64. The van der Waals surface area contributed by atoms with E-state index in [1.165, 1.54) is 5.56 Å². The van der Waals surface area contributed by atoms with Crippen LogP contribution < -0.4 is 5.32 Å². The zero-order valence-electron chi connectivity index (χ0n) is 10.2. The molecule has 2 atom stereocenters. The van der Waals surface area contributed by atoms with E-state index in [0.29, 0.717) is 13.1 Å². The largest absolute Gasteiger partial charge is 0.353 e. The van der Waals surface area contributed by atoms with Crippen molar-refractivity contribution in [2.45, 2.75) is 18.6 Å². The van der Waals surface area contributed by atoms with Crippen molar-refractivity contribution in [1.82, 2.24) is 10.2 Å². The van der Waals surface area contributed by atoms with Gasteiger partial charge in [0.05, 0.1) is 0 Å². The van der Waals surface area contributed by atoms with Gasteiger partial charge in [0, 0.05) is 32.1 Å². The van der Waals surface area contributed by atoms with Crippen LogP contribution in [0.1, 0.15) is 12.0 Å². The Bertz CT molecular complexity index is 450. The Labute approximate surface area is 106 Å². The number of rotatable bonds is 2. The molecule has 2 heterocycles. The van der Waals surface area contributed by atoms with E-state index >= 15 is 0 Å². The lowest BCUT2D eigenvalue weighted by atomic mass is 9.86. The van der Waals surface area contributed by atoms with Crippen LogP contribution >= 0.6 is 0 Å². The first kappa shape index (κ1) is 11.7. The number of fused-ring (bicyclic) bond motifs is 1. The van der Waals surface area contributed by atoms with Crippen molar-refractivity contribution in [1.29, 1.82) is 0 Å². The number of carbonyl (C=O) groups excluding carboxylic acids is 1. The number of piperidine rings is 1. The van der Waals surface area contributed by atoms with Crippen LogP contribution in [0, 0.1) is 5.92 Å². The van der Waals surface area contributed by atoms with E-state index in [1.54, 1.807) is 0 Å². The van der Waals surface area contributed by atoms with E-state index in [1.807, 2.05) is 35.2 Å². The molecule has 2 saturated heterocycles. The third-order valence-electron chi connectivity index (χ3n) is 3.98. The molecule has 1 aromatic rings. The van der Waals surface area contributed by atoms with Gasteiger partial charge in [0.15, 0.2) is 0 Å². The topological polar surface area (TPSA) is 32.3 Å². The molecule has 3 rings (SSSR count). The second kappa shape index (κ2) is 4.35. The molecular formula is C14H17FN2O. The van der Waals surface area contributed by atoms with Crippen molar-refractivity contribution in [3.05, 3.63) is 35.9 Å². The molecule has 2 aliphatic heterocycles. The van der Waals surface area contributed by atoms with Crippen molar-refractivity contribution >= 4 is 5.91 Å². The highest BCUT2D eigenvalue weighted by Gasteiger charge is 2.54. The first-order valence-electron chi connectivity index (χ1n) is 6.42. The van der Waals surface area contributed by atoms with Gasteiger partial charge in [-0.3, -0.25) is 9.69 Å². The highest BCUT2D eigenvalue weighted by Crippen LogP contribution is 2.36. The number of carbonyl (C=O) groups is 1. The van der Waals surface area contributed by atoms with Gasteiger partial charge < -0.3 is 5.32 Å². The lowest BCUT2D eigenvalue weighted by molar-refractivity contribution is -0.137. The van der Waals surface area contributed by atoms with Crippen LogP contribution in [0.15, 0.2) is 30.3 Å². The van der Waals surface area contributed by atoms with Crippen LogP contribution in [-0.2, 0) is 11.3 Å². The fourth-order valence-corrected chi connectivity index (χ4v) is 3.02. The third kappa shape index (κ3) is 1.90. The van der Waals surface area contributed by atoms with Gasteiger partial charge in [-0.2, -0.15) is 0 Å². The van der Waals surface area contributed by atoms with Gasteiger partial charge in [0.25, 0.3) is 5.91 Å². The van der Waals surface area contributed by atoms with E-state index in [9.17, 15) is 9.18 Å². The van der Waals surface area contributed by atoms with Gasteiger partial charge in [-0.05, 0) is 12.0 Å². The van der Waals surface area contributed by atoms with Gasteiger partial charge in [-0.15, -0.1) is 0 Å². The standard InChI is InChI=1S/C14H17FN2O/c15-14-10-17(8-11-4-2-1-3-5-11)9-12(14)6-7-16-13(14)18/h1-5,12H,6-10H2,(H,16,18)/t12-,14+/m1/s1. The maximum Gasteiger partial charge on any atom is 0.259 e. The molecule has 4 heteroatoms. The van der Waals surface area contributed by atoms with Crippen LogP contribution in [-0.4, -0.2) is 36.1 Å². The summed E-state index contributed by atoms with van der Waals surface area (Å²) in [5.74, 6) is -0.565. The number of nitrogens with one attached hydrogen (secondary N) is 1. The zero-order chi connectivity index (χ0) is 12.6. The predicted molar refractivity (Wildman–Crippen MR) is 66.7 cm³/mol. The van der Waals surface area contributed by atoms with E-state index in [-0.39, 0.29) is 12.5 Å². The van der Waals surface area contributed by atoms with Gasteiger partial charge in [0.2, 0.25) is 5.67 Å². The van der Waals surface area contributed by atoms with Gasteiger partial charge in [-0.25, -0.2) is 4.39 Å². The Kier molecular flexibility index (Phi) is 2.82. The maximum atomic E-state index is 14.7. The maximum absolute atomic E-state index is 14.7. The van der Waals surface area contributed by atoms with Gasteiger partial charge in [0.1, 0.15) is 0 Å². The first-order valence-corrected chi connectivity index (χ1v) is 6.42. The Morgan fingerprint density at radius 2 is 2.17 bits per heavy atom. The van der Waals surface area contributed by atoms with Crippen LogP contribution in [0.25, 0.3) is 0 Å². The lowest BCUT2D eigenvalue weighted by Crippen LogP contribution is -2.53. The SMILES string of the molecule is O=C1NCC[C@@H]2CN(Cc3ccccc3)C[C@@]12F. The smallest absolute Gasteiger partial charge is 0.259 e. The molecule has 1 N–H and O–H groups in total. The van der Waals surface area contributed by atoms with E-state index in [4.69, 9.17) is 0 Å². The molecule has 0 radical (unpaired) electrons. The molecule has 3 nitrogen and oxygen atoms in total. The minimum Gasteiger partial charge on any atom is -0.353 e. The Morgan fingerprint density at radius 3 is 2.89 bits per heavy atom. The Morgan fingerprint density at radius 1 is 1.39 bits per heavy atom. The normalized spacial score (nSPS) is 32.1. The van der Waals surface area contributed by atoms with E-state index in [2.05, 4.69) is 5.32 Å². The second-order valence-electron chi connectivity index (χ2n) is 5.26. The number of alkyl halides is 1. The summed E-state index contributed by atoms with van der Waals surface area (Å²) < 4.78 is 14.7. The number of nitrogens with zero attached hydrogens (tertiary/aromatic N) is 1. The first-order chi connectivity index (χ1) is 8.68. The molecule has 0 aliphatic carbocycles. The average Bonchev–Trinajstić information content (AvgIpc) is 2.69. The molecule has 0 bridgehead atoms. The number of hydrogen-bond acceptors (Lipinski definition) is 2. The van der Waals surface area contributed by atoms with Crippen molar-refractivity contribution in [3.63, 3.8) is 0 Å². The second-order valence-corrected chi connectivity index (χ2v) is 5.26. The highest BCUT2D eigenvalue weighted by molar-refractivity contribution is 5.87. The van der Waals surface area contributed by atoms with Crippen LogP contribution in [0.3, 0.4) is 0 Å². The number of halogens is 1. The molecule has 0 unspecified atom stereocenters. The number of hydrogen-bond donors (Lipinski definition) is 1. The summed E-state index contributed by atoms with van der Waals surface area (Å²) >= 11 is 0. The molecule has 1 amide bonds. The van der Waals surface area contributed by atoms with Gasteiger partial charge in [-0.1, -0.05) is 30.3 Å². The lowest BCUT2D eigenvalue weighted by Gasteiger charge is -2.29. The van der Waals surface area contributed by atoms with Crippen molar-refractivity contribution in [2.24, 2.45) is 5.92 Å². The molecule has 96 valence electrons. The fourth-order valence-electron chi connectivity index (χ4n) is 3.02. The summed E-state index contributed by atoms with van der Waals surface area (Å²) in [6, 6.07) is 10.0. The van der Waals surface area contributed by atoms with Gasteiger partial charge >= 0.3 is 0 Å². The summed E-state index contributed by atoms with van der Waals surface area (Å²) in [7, 11) is 0. The van der Waals surface area contributed by atoms with Crippen LogP contribution in [0.4, 0.5) is 4.39 Å². The number of likely N-dealkylation sites (tertiary alicyclic amines) is 1. The minimum atomic E-state index is -1.67. The Hall–Kier alpha value is -1.42. The quantitative estimate of drug-likeness (QED) is 0.856. The number of amides is 1. The summed E-state index contributed by atoms with van der Waals surface area (Å²) in [4.78, 5) is 13.7. The van der Waals surface area contributed by atoms with Crippen molar-refractivity contribution < 1.29 is 9.18 Å². The summed E-state index contributed by atoms with van der Waals surface area (Å²) in [6.07, 6.45) is 0.744. The average molecular weight is 248 g/mol. The molecule has 1 aromatic carbocycles. The molecule has 18 heavy (non-hydrogen) atoms. The summed E-state index contributed by atoms with van der Waals surface area (Å²) in [5.41, 5.74) is -0.507. The van der Waals surface area contributed by atoms with E-state index < -0.39 is 11.6 Å². The van der Waals surface area contributed by atoms with E-state index in [0.717, 1.165) is 13.0 Å². The third-order valence-corrected chi connectivity index (χ3v) is 3.98. The Balaban J connectivity index is 1.73. The molecule has 2 aliphatic rings. The molecule has 2 fully saturated rings. The highest BCUT2D eigenvalue weighted by atomic mass is 19.1. The monoisotopic (exact) mass is 248 g/mol. The van der Waals surface area contributed by atoms with Crippen LogP contribution in [0.5, 0.6) is 0 Å². The number of benzene rings is 1. The minimum absolute atomic E-state index is 0.144. The molecule has 0 saturated carbocycles. The molecular weight excluding hydrogens is 231 g/mol. The predicted octanol–water partition coefficient (Wildman–Crippen LogP) is 1.35. The summed E-state index contributed by atoms with van der Waals surface area (Å²) in [6.45, 7) is 2.22. The van der Waals surface area contributed by atoms with Crippen molar-refractivity contribution in [2.75, 3.05) is 19.6 Å². The molecule has 0 aromatic heterocycles.